The standard InChI is InChI=1S/C23H19ClN4O3/c24-22(29)18-5-1-17(2-6-18)10-21-12-28(14-27-21)15-31-23(30)19-7-3-16(4-8-19)9-20-11-25-13-26-20/h1-8,11-14H,9-10,15H2,(H,25,26). The highest BCUT2D eigenvalue weighted by Crippen LogP contribution is 2.12. The lowest BCUT2D eigenvalue weighted by Gasteiger charge is -2.06. The largest absolute Gasteiger partial charge is 0.440 e. The number of aromatic amines is 1. The van der Waals surface area contributed by atoms with Crippen molar-refractivity contribution < 1.29 is 14.3 Å². The maximum atomic E-state index is 12.3. The molecular formula is C23H19ClN4O3. The Morgan fingerprint density at radius 1 is 0.968 bits per heavy atom. The number of carbonyl (C=O) groups excluding carboxylic acids is 2. The summed E-state index contributed by atoms with van der Waals surface area (Å²) in [4.78, 5) is 34.8. The first-order chi connectivity index (χ1) is 15.1. The van der Waals surface area contributed by atoms with Crippen molar-refractivity contribution in [3.05, 3.63) is 107 Å². The molecule has 8 heteroatoms. The lowest BCUT2D eigenvalue weighted by molar-refractivity contribution is 0.0371. The summed E-state index contributed by atoms with van der Waals surface area (Å²) in [5, 5.41) is -0.481. The van der Waals surface area contributed by atoms with Gasteiger partial charge >= 0.3 is 5.97 Å². The average Bonchev–Trinajstić information content (AvgIpc) is 3.45. The zero-order chi connectivity index (χ0) is 21.6. The number of benzene rings is 2. The minimum absolute atomic E-state index is 0.0709. The molecule has 0 aliphatic heterocycles. The molecule has 156 valence electrons. The summed E-state index contributed by atoms with van der Waals surface area (Å²) in [6.45, 7) is 0.0709. The molecule has 1 N–H and O–H groups in total. The summed E-state index contributed by atoms with van der Waals surface area (Å²) in [6.07, 6.45) is 8.17. The molecule has 4 rings (SSSR count). The van der Waals surface area contributed by atoms with Gasteiger partial charge in [0.25, 0.3) is 5.24 Å². The number of aromatic nitrogens is 4. The second kappa shape index (κ2) is 9.40. The van der Waals surface area contributed by atoms with Gasteiger partial charge in [-0.3, -0.25) is 4.79 Å². The Morgan fingerprint density at radius 2 is 1.65 bits per heavy atom. The fraction of sp³-hybridized carbons (Fsp3) is 0.130. The molecular weight excluding hydrogens is 416 g/mol. The molecule has 0 radical (unpaired) electrons. The van der Waals surface area contributed by atoms with Crippen molar-refractivity contribution in [3.63, 3.8) is 0 Å². The van der Waals surface area contributed by atoms with Gasteiger partial charge in [-0.15, -0.1) is 0 Å². The van der Waals surface area contributed by atoms with Crippen LogP contribution in [0.25, 0.3) is 0 Å². The van der Waals surface area contributed by atoms with Crippen LogP contribution in [0.2, 0.25) is 0 Å². The van der Waals surface area contributed by atoms with Gasteiger partial charge in [-0.1, -0.05) is 24.3 Å². The number of carbonyl (C=O) groups is 2. The van der Waals surface area contributed by atoms with Gasteiger partial charge in [0.1, 0.15) is 0 Å². The molecule has 31 heavy (non-hydrogen) atoms. The van der Waals surface area contributed by atoms with Crippen LogP contribution >= 0.6 is 11.6 Å². The number of esters is 1. The summed E-state index contributed by atoms with van der Waals surface area (Å²) in [5.41, 5.74) is 4.85. The molecule has 0 amide bonds. The van der Waals surface area contributed by atoms with Crippen molar-refractivity contribution in [3.8, 4) is 0 Å². The molecule has 7 nitrogen and oxygen atoms in total. The third kappa shape index (κ3) is 5.46. The van der Waals surface area contributed by atoms with Gasteiger partial charge in [0.15, 0.2) is 6.73 Å². The van der Waals surface area contributed by atoms with E-state index in [0.29, 0.717) is 17.5 Å². The van der Waals surface area contributed by atoms with Gasteiger partial charge in [-0.25, -0.2) is 14.8 Å². The highest BCUT2D eigenvalue weighted by Gasteiger charge is 2.09. The van der Waals surface area contributed by atoms with Gasteiger partial charge in [0.05, 0.1) is 23.9 Å². The second-order valence-electron chi connectivity index (χ2n) is 7.04. The van der Waals surface area contributed by atoms with E-state index < -0.39 is 11.2 Å². The predicted molar refractivity (Wildman–Crippen MR) is 115 cm³/mol. The van der Waals surface area contributed by atoms with Crippen LogP contribution in [0.15, 0.2) is 73.6 Å². The molecule has 2 aromatic carbocycles. The zero-order valence-corrected chi connectivity index (χ0v) is 17.2. The summed E-state index contributed by atoms with van der Waals surface area (Å²) in [6, 6.07) is 14.3. The van der Waals surface area contributed by atoms with Crippen molar-refractivity contribution in [2.24, 2.45) is 0 Å². The Hall–Kier alpha value is -3.71. The predicted octanol–water partition coefficient (Wildman–Crippen LogP) is 3.98. The van der Waals surface area contributed by atoms with Gasteiger partial charge < -0.3 is 14.3 Å². The van der Waals surface area contributed by atoms with E-state index in [-0.39, 0.29) is 6.73 Å². The van der Waals surface area contributed by atoms with Crippen LogP contribution < -0.4 is 0 Å². The number of rotatable bonds is 8. The van der Waals surface area contributed by atoms with Crippen molar-refractivity contribution in [2.75, 3.05) is 0 Å². The topological polar surface area (TPSA) is 89.9 Å². The molecule has 0 unspecified atom stereocenters. The Labute approximate surface area is 183 Å². The number of halogens is 1. The minimum Gasteiger partial charge on any atom is -0.440 e. The summed E-state index contributed by atoms with van der Waals surface area (Å²) in [7, 11) is 0. The highest BCUT2D eigenvalue weighted by atomic mass is 35.5. The van der Waals surface area contributed by atoms with Crippen LogP contribution in [-0.2, 0) is 24.3 Å². The van der Waals surface area contributed by atoms with E-state index >= 15 is 0 Å². The molecule has 2 heterocycles. The Morgan fingerprint density at radius 3 is 2.29 bits per heavy atom. The van der Waals surface area contributed by atoms with Gasteiger partial charge in [0, 0.05) is 36.5 Å². The van der Waals surface area contributed by atoms with E-state index in [1.165, 1.54) is 0 Å². The van der Waals surface area contributed by atoms with E-state index in [9.17, 15) is 9.59 Å². The molecule has 0 aliphatic carbocycles. The molecule has 0 aliphatic rings. The van der Waals surface area contributed by atoms with E-state index in [1.807, 2.05) is 30.5 Å². The number of hydrogen-bond donors (Lipinski definition) is 1. The fourth-order valence-corrected chi connectivity index (χ4v) is 3.23. The molecule has 0 bridgehead atoms. The number of imidazole rings is 2. The summed E-state index contributed by atoms with van der Waals surface area (Å²) < 4.78 is 7.09. The van der Waals surface area contributed by atoms with Crippen LogP contribution in [-0.4, -0.2) is 30.7 Å². The first-order valence-corrected chi connectivity index (χ1v) is 9.97. The highest BCUT2D eigenvalue weighted by molar-refractivity contribution is 6.67. The third-order valence-electron chi connectivity index (χ3n) is 4.74. The van der Waals surface area contributed by atoms with Gasteiger partial charge in [0.2, 0.25) is 0 Å². The van der Waals surface area contributed by atoms with Crippen LogP contribution in [0.1, 0.15) is 43.2 Å². The molecule has 0 fully saturated rings. The van der Waals surface area contributed by atoms with E-state index in [2.05, 4.69) is 15.0 Å². The first-order valence-electron chi connectivity index (χ1n) is 9.59. The maximum Gasteiger partial charge on any atom is 0.339 e. The second-order valence-corrected chi connectivity index (χ2v) is 7.38. The molecule has 0 spiro atoms. The van der Waals surface area contributed by atoms with Crippen molar-refractivity contribution >= 4 is 22.8 Å². The maximum absolute atomic E-state index is 12.3. The Bertz CT molecular complexity index is 1170. The Kier molecular flexibility index (Phi) is 6.24. The molecule has 0 saturated carbocycles. The zero-order valence-electron chi connectivity index (χ0n) is 16.5. The monoisotopic (exact) mass is 434 g/mol. The van der Waals surface area contributed by atoms with Gasteiger partial charge in [-0.05, 0) is 47.0 Å². The smallest absolute Gasteiger partial charge is 0.339 e. The van der Waals surface area contributed by atoms with Crippen LogP contribution in [0.3, 0.4) is 0 Å². The van der Waals surface area contributed by atoms with Crippen LogP contribution in [0, 0.1) is 0 Å². The van der Waals surface area contributed by atoms with Gasteiger partial charge in [-0.2, -0.15) is 0 Å². The average molecular weight is 435 g/mol. The summed E-state index contributed by atoms with van der Waals surface area (Å²) in [5.74, 6) is -0.398. The number of hydrogen-bond acceptors (Lipinski definition) is 5. The quantitative estimate of drug-likeness (QED) is 0.334. The van der Waals surface area contributed by atoms with E-state index in [4.69, 9.17) is 16.3 Å². The molecule has 2 aromatic heterocycles. The SMILES string of the molecule is O=C(Cl)c1ccc(Cc2cn(COC(=O)c3ccc(Cc4cnc[nH]4)cc3)cn2)cc1. The van der Waals surface area contributed by atoms with E-state index in [1.54, 1.807) is 47.7 Å². The third-order valence-corrected chi connectivity index (χ3v) is 4.95. The Balaban J connectivity index is 1.29. The minimum atomic E-state index is -0.481. The molecule has 0 atom stereocenters. The molecule has 0 saturated heterocycles. The number of ether oxygens (including phenoxy) is 1. The van der Waals surface area contributed by atoms with Crippen molar-refractivity contribution in [2.45, 2.75) is 19.6 Å². The molecule has 4 aromatic rings. The van der Waals surface area contributed by atoms with Crippen LogP contribution in [0.5, 0.6) is 0 Å². The van der Waals surface area contributed by atoms with E-state index in [0.717, 1.165) is 28.9 Å². The van der Waals surface area contributed by atoms with Crippen LogP contribution in [0.4, 0.5) is 0 Å². The number of nitrogens with one attached hydrogen (secondary N) is 1. The fourth-order valence-electron chi connectivity index (χ4n) is 3.11. The lowest BCUT2D eigenvalue weighted by atomic mass is 10.1. The first kappa shape index (κ1) is 20.6. The lowest BCUT2D eigenvalue weighted by Crippen LogP contribution is -2.08. The van der Waals surface area contributed by atoms with Crippen molar-refractivity contribution in [1.29, 1.82) is 0 Å². The summed E-state index contributed by atoms with van der Waals surface area (Å²) >= 11 is 5.46. The number of H-pyrrole nitrogens is 1. The van der Waals surface area contributed by atoms with Crippen molar-refractivity contribution in [1.82, 2.24) is 19.5 Å². The normalized spacial score (nSPS) is 10.7. The number of nitrogens with zero attached hydrogens (tertiary/aromatic N) is 3.